The number of aromatic amines is 1. The average Bonchev–Trinajstić information content (AvgIpc) is 3.14. The minimum Gasteiger partial charge on any atom is -0.373 e. The van der Waals surface area contributed by atoms with E-state index < -0.39 is 5.91 Å². The van der Waals surface area contributed by atoms with E-state index in [-0.39, 0.29) is 5.60 Å². The van der Waals surface area contributed by atoms with E-state index in [0.29, 0.717) is 17.5 Å². The molecule has 2 aliphatic rings. The number of aromatic nitrogens is 3. The monoisotopic (exact) mass is 355 g/mol. The lowest BCUT2D eigenvalue weighted by atomic mass is 9.62. The Labute approximate surface area is 152 Å². The van der Waals surface area contributed by atoms with Gasteiger partial charge in [0.25, 0.3) is 5.91 Å². The minimum absolute atomic E-state index is 0.303. The molecule has 1 amide bonds. The number of primary amides is 1. The molecule has 2 unspecified atom stereocenters. The zero-order chi connectivity index (χ0) is 18.1. The molecule has 1 aliphatic heterocycles. The van der Waals surface area contributed by atoms with Gasteiger partial charge in [0, 0.05) is 56.7 Å². The Morgan fingerprint density at radius 3 is 2.73 bits per heavy atom. The van der Waals surface area contributed by atoms with Gasteiger partial charge in [0.1, 0.15) is 11.3 Å². The predicted octanol–water partition coefficient (Wildman–Crippen LogP) is 1.68. The summed E-state index contributed by atoms with van der Waals surface area (Å²) in [4.78, 5) is 18.2. The van der Waals surface area contributed by atoms with Crippen molar-refractivity contribution in [1.29, 1.82) is 0 Å². The topological polar surface area (TPSA) is 97.1 Å². The number of amides is 1. The Morgan fingerprint density at radius 1 is 1.35 bits per heavy atom. The molecular formula is C19H25N5O2. The average molecular weight is 355 g/mol. The summed E-state index contributed by atoms with van der Waals surface area (Å²) in [5, 5.41) is 7.11. The van der Waals surface area contributed by atoms with Crippen LogP contribution in [0.25, 0.3) is 0 Å². The van der Waals surface area contributed by atoms with E-state index in [0.717, 1.165) is 43.7 Å². The summed E-state index contributed by atoms with van der Waals surface area (Å²) in [6.45, 7) is 2.78. The molecule has 7 heteroatoms. The summed E-state index contributed by atoms with van der Waals surface area (Å²) < 4.78 is 6.22. The number of fused-ring (bicyclic) bond motifs is 2. The summed E-state index contributed by atoms with van der Waals surface area (Å²) in [5.41, 5.74) is 7.53. The van der Waals surface area contributed by atoms with Gasteiger partial charge in [0.15, 0.2) is 0 Å². The summed E-state index contributed by atoms with van der Waals surface area (Å²) in [6, 6.07) is 5.82. The second-order valence-electron chi connectivity index (χ2n) is 7.39. The van der Waals surface area contributed by atoms with Gasteiger partial charge in [-0.15, -0.1) is 0 Å². The zero-order valence-corrected chi connectivity index (χ0v) is 15.0. The molecule has 1 aliphatic carbocycles. The van der Waals surface area contributed by atoms with E-state index >= 15 is 0 Å². The molecule has 3 heterocycles. The molecule has 1 saturated heterocycles. The van der Waals surface area contributed by atoms with Crippen molar-refractivity contribution >= 4 is 5.91 Å². The van der Waals surface area contributed by atoms with Crippen molar-refractivity contribution in [3.05, 3.63) is 47.5 Å². The summed E-state index contributed by atoms with van der Waals surface area (Å²) in [5.74, 6) is 0.233. The van der Waals surface area contributed by atoms with Crippen LogP contribution in [0.3, 0.4) is 0 Å². The van der Waals surface area contributed by atoms with Crippen LogP contribution >= 0.6 is 0 Å². The second kappa shape index (κ2) is 6.81. The first-order valence-corrected chi connectivity index (χ1v) is 9.15. The smallest absolute Gasteiger partial charge is 0.267 e. The van der Waals surface area contributed by atoms with Gasteiger partial charge in [-0.3, -0.25) is 19.8 Å². The highest BCUT2D eigenvalue weighted by molar-refractivity contribution is 5.90. The lowest BCUT2D eigenvalue weighted by Crippen LogP contribution is -2.58. The normalized spacial score (nSPS) is 28.8. The molecule has 2 atom stereocenters. The van der Waals surface area contributed by atoms with E-state index in [1.54, 1.807) is 19.5 Å². The van der Waals surface area contributed by atoms with Crippen molar-refractivity contribution in [2.45, 2.75) is 31.4 Å². The molecule has 7 nitrogen and oxygen atoms in total. The first kappa shape index (κ1) is 17.2. The number of nitrogens with two attached hydrogens (primary N) is 1. The van der Waals surface area contributed by atoms with E-state index in [1.165, 1.54) is 6.42 Å². The fourth-order valence-corrected chi connectivity index (χ4v) is 5.00. The summed E-state index contributed by atoms with van der Waals surface area (Å²) in [7, 11) is 1.79. The minimum atomic E-state index is -0.500. The Bertz CT molecular complexity index is 762. The predicted molar refractivity (Wildman–Crippen MR) is 96.1 cm³/mol. The number of ether oxygens (including phenoxy) is 1. The number of nitrogens with one attached hydrogen (secondary N) is 1. The molecule has 4 rings (SSSR count). The maximum Gasteiger partial charge on any atom is 0.267 e. The van der Waals surface area contributed by atoms with Crippen molar-refractivity contribution in [3.63, 3.8) is 0 Å². The lowest BCUT2D eigenvalue weighted by Gasteiger charge is -2.55. The first-order valence-electron chi connectivity index (χ1n) is 9.15. The van der Waals surface area contributed by atoms with Gasteiger partial charge in [-0.05, 0) is 36.6 Å². The van der Waals surface area contributed by atoms with Crippen LogP contribution in [0.5, 0.6) is 0 Å². The van der Waals surface area contributed by atoms with Gasteiger partial charge in [-0.1, -0.05) is 6.42 Å². The SMILES string of the molecule is COC1(c2ccnc(C(N)=O)c2)C2CCCC1CN(Cc1ccn[nH]1)C2. The molecule has 0 spiro atoms. The number of likely N-dealkylation sites (tertiary alicyclic amines) is 1. The van der Waals surface area contributed by atoms with Crippen LogP contribution in [0.1, 0.15) is 41.0 Å². The third-order valence-electron chi connectivity index (χ3n) is 6.03. The van der Waals surface area contributed by atoms with Crippen LogP contribution < -0.4 is 5.73 Å². The molecular weight excluding hydrogens is 330 g/mol. The quantitative estimate of drug-likeness (QED) is 0.850. The maximum absolute atomic E-state index is 11.6. The number of carbonyl (C=O) groups excluding carboxylic acids is 1. The van der Waals surface area contributed by atoms with Gasteiger partial charge in [0.05, 0.1) is 0 Å². The van der Waals surface area contributed by atoms with Crippen molar-refractivity contribution in [2.75, 3.05) is 20.2 Å². The largest absolute Gasteiger partial charge is 0.373 e. The number of piperidine rings is 1. The van der Waals surface area contributed by atoms with Crippen molar-refractivity contribution in [2.24, 2.45) is 17.6 Å². The van der Waals surface area contributed by atoms with Gasteiger partial charge >= 0.3 is 0 Å². The molecule has 2 fully saturated rings. The standard InChI is InChI=1S/C19H25N5O2/c1-26-19(13-5-7-21-17(9-13)18(20)25)14-3-2-4-15(19)11-24(10-14)12-16-6-8-22-23-16/h5-9,14-15H,2-4,10-12H2,1H3,(H2,20,25)(H,22,23). The Kier molecular flexibility index (Phi) is 4.50. The van der Waals surface area contributed by atoms with Crippen LogP contribution in [0.2, 0.25) is 0 Å². The van der Waals surface area contributed by atoms with E-state index in [1.807, 2.05) is 18.2 Å². The number of rotatable bonds is 5. The van der Waals surface area contributed by atoms with Crippen molar-refractivity contribution in [1.82, 2.24) is 20.1 Å². The second-order valence-corrected chi connectivity index (χ2v) is 7.39. The number of pyridine rings is 1. The lowest BCUT2D eigenvalue weighted by molar-refractivity contribution is -0.170. The maximum atomic E-state index is 11.6. The third-order valence-corrected chi connectivity index (χ3v) is 6.03. The van der Waals surface area contributed by atoms with Crippen LogP contribution in [-0.2, 0) is 16.9 Å². The highest BCUT2D eigenvalue weighted by atomic mass is 16.5. The van der Waals surface area contributed by atoms with Crippen LogP contribution in [0.4, 0.5) is 0 Å². The van der Waals surface area contributed by atoms with Gasteiger partial charge in [-0.25, -0.2) is 0 Å². The summed E-state index contributed by atoms with van der Waals surface area (Å²) in [6.07, 6.45) is 6.90. The van der Waals surface area contributed by atoms with Crippen LogP contribution in [-0.4, -0.2) is 46.2 Å². The third kappa shape index (κ3) is 2.81. The molecule has 3 N–H and O–H groups in total. The number of carbonyl (C=O) groups is 1. The van der Waals surface area contributed by atoms with Crippen LogP contribution in [0, 0.1) is 11.8 Å². The zero-order valence-electron chi connectivity index (χ0n) is 15.0. The van der Waals surface area contributed by atoms with Gasteiger partial charge in [0.2, 0.25) is 0 Å². The molecule has 2 bridgehead atoms. The van der Waals surface area contributed by atoms with Gasteiger partial charge in [-0.2, -0.15) is 5.10 Å². The van der Waals surface area contributed by atoms with Crippen molar-refractivity contribution in [3.8, 4) is 0 Å². The number of hydrogen-bond donors (Lipinski definition) is 2. The molecule has 26 heavy (non-hydrogen) atoms. The molecule has 2 aromatic rings. The fourth-order valence-electron chi connectivity index (χ4n) is 5.00. The molecule has 0 radical (unpaired) electrons. The number of nitrogens with zero attached hydrogens (tertiary/aromatic N) is 3. The van der Waals surface area contributed by atoms with Gasteiger partial charge < -0.3 is 10.5 Å². The molecule has 1 saturated carbocycles. The Hall–Kier alpha value is -2.25. The van der Waals surface area contributed by atoms with Crippen LogP contribution in [0.15, 0.2) is 30.6 Å². The molecule has 0 aromatic carbocycles. The number of H-pyrrole nitrogens is 1. The molecule has 138 valence electrons. The Balaban J connectivity index is 1.66. The van der Waals surface area contributed by atoms with E-state index in [2.05, 4.69) is 20.1 Å². The highest BCUT2D eigenvalue weighted by Crippen LogP contribution is 2.51. The molecule has 2 aromatic heterocycles. The first-order chi connectivity index (χ1) is 12.6. The van der Waals surface area contributed by atoms with Crippen molar-refractivity contribution < 1.29 is 9.53 Å². The fraction of sp³-hybridized carbons (Fsp3) is 0.526. The number of methoxy groups -OCH3 is 1. The number of hydrogen-bond acceptors (Lipinski definition) is 5. The Morgan fingerprint density at radius 2 is 2.12 bits per heavy atom. The van der Waals surface area contributed by atoms with E-state index in [4.69, 9.17) is 10.5 Å². The summed E-state index contributed by atoms with van der Waals surface area (Å²) >= 11 is 0. The highest BCUT2D eigenvalue weighted by Gasteiger charge is 2.53. The van der Waals surface area contributed by atoms with E-state index in [9.17, 15) is 4.79 Å².